The van der Waals surface area contributed by atoms with Crippen LogP contribution in [-0.2, 0) is 17.6 Å². The molecule has 21 heavy (non-hydrogen) atoms. The third kappa shape index (κ3) is 4.42. The van der Waals surface area contributed by atoms with Gasteiger partial charge in [0.05, 0.1) is 6.10 Å². The lowest BCUT2D eigenvalue weighted by molar-refractivity contribution is 0.0642. The van der Waals surface area contributed by atoms with Gasteiger partial charge in [-0.05, 0) is 56.7 Å². The van der Waals surface area contributed by atoms with E-state index in [1.54, 1.807) is 0 Å². The molecule has 1 fully saturated rings. The molecule has 0 saturated carbocycles. The summed E-state index contributed by atoms with van der Waals surface area (Å²) in [5.74, 6) is 1.12. The number of unbranched alkanes of at least 4 members (excludes halogenated alkanes) is 2. The van der Waals surface area contributed by atoms with Gasteiger partial charge in [0.15, 0.2) is 0 Å². The molecule has 1 atom stereocenters. The average molecular weight is 289 g/mol. The van der Waals surface area contributed by atoms with Crippen molar-refractivity contribution in [3.05, 3.63) is 23.4 Å². The molecule has 2 aliphatic rings. The fraction of sp³-hybridized carbons (Fsp3) is 0.706. The summed E-state index contributed by atoms with van der Waals surface area (Å²) in [5.41, 5.74) is 2.60. The molecule has 0 amide bonds. The zero-order valence-electron chi connectivity index (χ0n) is 12.9. The first-order valence-electron chi connectivity index (χ1n) is 8.47. The van der Waals surface area contributed by atoms with Gasteiger partial charge in [-0.1, -0.05) is 12.5 Å². The van der Waals surface area contributed by atoms with E-state index >= 15 is 0 Å². The zero-order valence-corrected chi connectivity index (χ0v) is 12.9. The topological polar surface area (TPSA) is 46.2 Å². The molecule has 4 nitrogen and oxygen atoms in total. The fourth-order valence-electron chi connectivity index (χ4n) is 3.11. The smallest absolute Gasteiger partial charge is 0.129 e. The largest absolute Gasteiger partial charge is 0.377 e. The van der Waals surface area contributed by atoms with E-state index in [2.05, 4.69) is 22.8 Å². The fourth-order valence-corrected chi connectivity index (χ4v) is 3.11. The zero-order chi connectivity index (χ0) is 14.3. The molecule has 0 radical (unpaired) electrons. The third-order valence-corrected chi connectivity index (χ3v) is 4.40. The second kappa shape index (κ2) is 7.76. The lowest BCUT2D eigenvalue weighted by Gasteiger charge is -2.17. The normalized spacial score (nSPS) is 21.0. The second-order valence-corrected chi connectivity index (χ2v) is 6.14. The minimum Gasteiger partial charge on any atom is -0.377 e. The van der Waals surface area contributed by atoms with Gasteiger partial charge in [-0.3, -0.25) is 0 Å². The Bertz CT molecular complexity index is 444. The van der Waals surface area contributed by atoms with E-state index < -0.39 is 0 Å². The molecule has 1 unspecified atom stereocenters. The van der Waals surface area contributed by atoms with Gasteiger partial charge in [0.25, 0.3) is 0 Å². The van der Waals surface area contributed by atoms with Crippen LogP contribution in [0.3, 0.4) is 0 Å². The first kappa shape index (κ1) is 14.8. The Labute approximate surface area is 127 Å². The molecule has 0 spiro atoms. The van der Waals surface area contributed by atoms with Crippen molar-refractivity contribution in [1.82, 2.24) is 10.3 Å². The number of aryl methyl sites for hydroxylation is 2. The average Bonchev–Trinajstić information content (AvgIpc) is 3.04. The van der Waals surface area contributed by atoms with Crippen LogP contribution in [0, 0.1) is 0 Å². The van der Waals surface area contributed by atoms with Crippen LogP contribution < -0.4 is 10.6 Å². The van der Waals surface area contributed by atoms with Crippen LogP contribution in [-0.4, -0.2) is 37.3 Å². The molecule has 3 heterocycles. The number of nitrogens with one attached hydrogen (secondary N) is 2. The van der Waals surface area contributed by atoms with Crippen LogP contribution in [0.4, 0.5) is 5.82 Å². The number of anilines is 1. The molecule has 3 rings (SSSR count). The molecule has 4 heteroatoms. The summed E-state index contributed by atoms with van der Waals surface area (Å²) < 4.78 is 5.84. The molecular formula is C17H27N3O. The number of hydrogen-bond acceptors (Lipinski definition) is 4. The Morgan fingerprint density at radius 3 is 3.10 bits per heavy atom. The molecule has 2 aliphatic heterocycles. The van der Waals surface area contributed by atoms with E-state index in [-0.39, 0.29) is 0 Å². The first-order valence-corrected chi connectivity index (χ1v) is 8.47. The maximum absolute atomic E-state index is 5.84. The summed E-state index contributed by atoms with van der Waals surface area (Å²) in [7, 11) is 0. The Hall–Kier alpha value is -1.13. The molecular weight excluding hydrogens is 262 g/mol. The molecule has 1 aromatic rings. The Balaban J connectivity index is 1.31. The summed E-state index contributed by atoms with van der Waals surface area (Å²) in [4.78, 5) is 4.74. The van der Waals surface area contributed by atoms with Crippen LogP contribution in [0.25, 0.3) is 0 Å². The Kier molecular flexibility index (Phi) is 5.46. The van der Waals surface area contributed by atoms with E-state index in [0.717, 1.165) is 38.5 Å². The van der Waals surface area contributed by atoms with Crippen molar-refractivity contribution >= 4 is 5.82 Å². The van der Waals surface area contributed by atoms with Crippen molar-refractivity contribution in [2.75, 3.05) is 31.6 Å². The van der Waals surface area contributed by atoms with Crippen LogP contribution in [0.15, 0.2) is 12.1 Å². The summed E-state index contributed by atoms with van der Waals surface area (Å²) in [6.45, 7) is 4.12. The van der Waals surface area contributed by atoms with Crippen LogP contribution in [0.1, 0.15) is 43.4 Å². The van der Waals surface area contributed by atoms with Crippen LogP contribution in [0.5, 0.6) is 0 Å². The third-order valence-electron chi connectivity index (χ3n) is 4.40. The monoisotopic (exact) mass is 289 g/mol. The Morgan fingerprint density at radius 1 is 1.19 bits per heavy atom. The Morgan fingerprint density at radius 2 is 2.19 bits per heavy atom. The van der Waals surface area contributed by atoms with Crippen LogP contribution in [0.2, 0.25) is 0 Å². The molecule has 1 aromatic heterocycles. The minimum atomic E-state index is 0.457. The van der Waals surface area contributed by atoms with Crippen molar-refractivity contribution in [2.24, 2.45) is 0 Å². The number of pyridine rings is 1. The van der Waals surface area contributed by atoms with Crippen LogP contribution >= 0.6 is 0 Å². The van der Waals surface area contributed by atoms with Gasteiger partial charge in [0.2, 0.25) is 0 Å². The van der Waals surface area contributed by atoms with Gasteiger partial charge in [0, 0.05) is 25.4 Å². The maximum Gasteiger partial charge on any atom is 0.129 e. The van der Waals surface area contributed by atoms with E-state index in [0.29, 0.717) is 6.10 Å². The molecule has 116 valence electrons. The van der Waals surface area contributed by atoms with Crippen molar-refractivity contribution in [3.63, 3.8) is 0 Å². The van der Waals surface area contributed by atoms with Gasteiger partial charge >= 0.3 is 0 Å². The highest BCUT2D eigenvalue weighted by Gasteiger charge is 2.14. The number of fused-ring (bicyclic) bond motifs is 1. The number of rotatable bonds is 7. The lowest BCUT2D eigenvalue weighted by Crippen LogP contribution is -2.17. The highest BCUT2D eigenvalue weighted by Crippen LogP contribution is 2.20. The molecule has 0 aromatic carbocycles. The first-order chi connectivity index (χ1) is 10.4. The molecule has 1 saturated heterocycles. The van der Waals surface area contributed by atoms with E-state index in [9.17, 15) is 0 Å². The lowest BCUT2D eigenvalue weighted by atomic mass is 10.1. The van der Waals surface area contributed by atoms with Crippen molar-refractivity contribution in [2.45, 2.75) is 51.0 Å². The predicted octanol–water partition coefficient (Wildman–Crippen LogP) is 2.53. The predicted molar refractivity (Wildman–Crippen MR) is 85.8 cm³/mol. The van der Waals surface area contributed by atoms with Crippen molar-refractivity contribution < 1.29 is 4.74 Å². The van der Waals surface area contributed by atoms with E-state index in [4.69, 9.17) is 9.72 Å². The standard InChI is InChI=1S/C17H27N3O/c1(3-12-21-16-9-11-18-13-16)2-6-15-8-7-14-5-4-10-19-17(14)20-15/h7-8,16,18H,1-6,9-13H2,(H,19,20). The quantitative estimate of drug-likeness (QED) is 0.757. The maximum atomic E-state index is 5.84. The summed E-state index contributed by atoms with van der Waals surface area (Å²) in [6.07, 6.45) is 8.71. The van der Waals surface area contributed by atoms with E-state index in [1.165, 1.54) is 49.8 Å². The highest BCUT2D eigenvalue weighted by atomic mass is 16.5. The van der Waals surface area contributed by atoms with Gasteiger partial charge in [-0.25, -0.2) is 4.98 Å². The van der Waals surface area contributed by atoms with E-state index in [1.807, 2.05) is 0 Å². The van der Waals surface area contributed by atoms with Gasteiger partial charge < -0.3 is 15.4 Å². The van der Waals surface area contributed by atoms with Crippen molar-refractivity contribution in [3.8, 4) is 0 Å². The number of ether oxygens (including phenoxy) is 1. The summed E-state index contributed by atoms with van der Waals surface area (Å²) in [6, 6.07) is 4.45. The highest BCUT2D eigenvalue weighted by molar-refractivity contribution is 5.46. The summed E-state index contributed by atoms with van der Waals surface area (Å²) >= 11 is 0. The molecule has 2 N–H and O–H groups in total. The number of nitrogens with zero attached hydrogens (tertiary/aromatic N) is 1. The van der Waals surface area contributed by atoms with Gasteiger partial charge in [-0.2, -0.15) is 0 Å². The van der Waals surface area contributed by atoms with Gasteiger partial charge in [-0.15, -0.1) is 0 Å². The van der Waals surface area contributed by atoms with Crippen molar-refractivity contribution in [1.29, 1.82) is 0 Å². The number of hydrogen-bond donors (Lipinski definition) is 2. The SMILES string of the molecule is c1cc2c(nc1CCCCCOC1CCNC1)NCCC2. The minimum absolute atomic E-state index is 0.457. The molecule has 0 bridgehead atoms. The van der Waals surface area contributed by atoms with Gasteiger partial charge in [0.1, 0.15) is 5.82 Å². The number of aromatic nitrogens is 1. The molecule has 0 aliphatic carbocycles. The second-order valence-electron chi connectivity index (χ2n) is 6.14. The summed E-state index contributed by atoms with van der Waals surface area (Å²) in [5, 5.41) is 6.74.